The molecule has 2 aromatic rings. The topological polar surface area (TPSA) is 78.9 Å². The summed E-state index contributed by atoms with van der Waals surface area (Å²) in [6.45, 7) is -0.151. The zero-order chi connectivity index (χ0) is 24.7. The molecule has 34 heavy (non-hydrogen) atoms. The molecule has 2 amide bonds. The molecule has 1 fully saturated rings. The molecule has 0 aliphatic heterocycles. The van der Waals surface area contributed by atoms with Crippen LogP contribution in [0.3, 0.4) is 0 Å². The largest absolute Gasteiger partial charge is 0.484 e. The van der Waals surface area contributed by atoms with E-state index in [0.717, 1.165) is 6.07 Å². The van der Waals surface area contributed by atoms with Gasteiger partial charge in [0.2, 0.25) is 5.91 Å². The Kier molecular flexibility index (Phi) is 9.50. The van der Waals surface area contributed by atoms with Gasteiger partial charge in [-0.2, -0.15) is 0 Å². The molecule has 0 saturated heterocycles. The SMILES string of the molecule is O=C(COc1ccc(Cl)c(F)c1)N[C@H]1CC[C@H](C(=O)N(CCO)Cc2ccc(Cl)c(F)c2)CC1. The molecular weight excluding hydrogens is 489 g/mol. The van der Waals surface area contributed by atoms with E-state index in [0.29, 0.717) is 31.2 Å². The molecule has 1 saturated carbocycles. The van der Waals surface area contributed by atoms with Crippen molar-refractivity contribution in [2.24, 2.45) is 5.92 Å². The number of carbonyl (C=O) groups excluding carboxylic acids is 2. The Labute approximate surface area is 206 Å². The lowest BCUT2D eigenvalue weighted by atomic mass is 9.85. The van der Waals surface area contributed by atoms with Gasteiger partial charge >= 0.3 is 0 Å². The van der Waals surface area contributed by atoms with Gasteiger partial charge in [-0.15, -0.1) is 0 Å². The van der Waals surface area contributed by atoms with Crippen molar-refractivity contribution in [1.82, 2.24) is 10.2 Å². The van der Waals surface area contributed by atoms with Crippen LogP contribution in [0.2, 0.25) is 10.0 Å². The summed E-state index contributed by atoms with van der Waals surface area (Å²) >= 11 is 11.3. The van der Waals surface area contributed by atoms with E-state index in [-0.39, 0.29) is 65.9 Å². The fraction of sp³-hybridized carbons (Fsp3) is 0.417. The van der Waals surface area contributed by atoms with Crippen LogP contribution >= 0.6 is 23.2 Å². The molecule has 3 rings (SSSR count). The van der Waals surface area contributed by atoms with Gasteiger partial charge in [0.05, 0.1) is 16.7 Å². The third-order valence-electron chi connectivity index (χ3n) is 5.74. The monoisotopic (exact) mass is 514 g/mol. The van der Waals surface area contributed by atoms with Gasteiger partial charge < -0.3 is 20.1 Å². The van der Waals surface area contributed by atoms with E-state index in [9.17, 15) is 23.5 Å². The first-order valence-electron chi connectivity index (χ1n) is 11.0. The number of nitrogens with zero attached hydrogens (tertiary/aromatic N) is 1. The summed E-state index contributed by atoms with van der Waals surface area (Å²) in [6.07, 6.45) is 2.37. The third kappa shape index (κ3) is 7.29. The quantitative estimate of drug-likeness (QED) is 0.521. The second-order valence-corrected chi connectivity index (χ2v) is 9.03. The molecule has 1 aliphatic carbocycles. The van der Waals surface area contributed by atoms with Crippen molar-refractivity contribution >= 4 is 35.0 Å². The zero-order valence-electron chi connectivity index (χ0n) is 18.4. The number of halogens is 4. The lowest BCUT2D eigenvalue weighted by molar-refractivity contribution is -0.138. The molecular formula is C24H26Cl2F2N2O4. The van der Waals surface area contributed by atoms with Crippen molar-refractivity contribution in [3.05, 3.63) is 63.6 Å². The summed E-state index contributed by atoms with van der Waals surface area (Å²) < 4.78 is 32.5. The van der Waals surface area contributed by atoms with E-state index in [2.05, 4.69) is 5.32 Å². The number of benzene rings is 2. The molecule has 184 valence electrons. The Morgan fingerprint density at radius 1 is 1.03 bits per heavy atom. The van der Waals surface area contributed by atoms with Crippen LogP contribution in [0.25, 0.3) is 0 Å². The predicted molar refractivity (Wildman–Crippen MR) is 125 cm³/mol. The van der Waals surface area contributed by atoms with Crippen LogP contribution in [0.5, 0.6) is 5.75 Å². The Balaban J connectivity index is 1.47. The summed E-state index contributed by atoms with van der Waals surface area (Å²) in [4.78, 5) is 26.8. The molecule has 2 aromatic carbocycles. The first kappa shape index (κ1) is 26.2. The minimum atomic E-state index is -0.626. The Morgan fingerprint density at radius 3 is 2.29 bits per heavy atom. The zero-order valence-corrected chi connectivity index (χ0v) is 19.9. The van der Waals surface area contributed by atoms with Crippen LogP contribution in [0.15, 0.2) is 36.4 Å². The van der Waals surface area contributed by atoms with Gasteiger partial charge in [0.25, 0.3) is 5.91 Å². The minimum Gasteiger partial charge on any atom is -0.484 e. The number of hydrogen-bond donors (Lipinski definition) is 2. The highest BCUT2D eigenvalue weighted by Gasteiger charge is 2.30. The van der Waals surface area contributed by atoms with Crippen LogP contribution < -0.4 is 10.1 Å². The Hall–Kier alpha value is -2.42. The number of ether oxygens (including phenoxy) is 1. The van der Waals surface area contributed by atoms with E-state index < -0.39 is 11.6 Å². The lowest BCUT2D eigenvalue weighted by Crippen LogP contribution is -2.43. The van der Waals surface area contributed by atoms with Crippen molar-refractivity contribution in [2.75, 3.05) is 19.8 Å². The van der Waals surface area contributed by atoms with Crippen molar-refractivity contribution in [2.45, 2.75) is 38.3 Å². The maximum absolute atomic E-state index is 13.8. The molecule has 10 heteroatoms. The summed E-state index contributed by atoms with van der Waals surface area (Å²) in [5.74, 6) is -1.67. The minimum absolute atomic E-state index is 0.00915. The second-order valence-electron chi connectivity index (χ2n) is 8.21. The number of rotatable bonds is 9. The number of aliphatic hydroxyl groups is 1. The highest BCUT2D eigenvalue weighted by molar-refractivity contribution is 6.31. The highest BCUT2D eigenvalue weighted by atomic mass is 35.5. The maximum atomic E-state index is 13.8. The fourth-order valence-corrected chi connectivity index (χ4v) is 4.21. The number of hydrogen-bond acceptors (Lipinski definition) is 4. The molecule has 0 heterocycles. The summed E-state index contributed by atoms with van der Waals surface area (Å²) in [5, 5.41) is 12.2. The van der Waals surface area contributed by atoms with Crippen LogP contribution in [-0.4, -0.2) is 47.6 Å². The number of nitrogens with one attached hydrogen (secondary N) is 1. The molecule has 0 spiro atoms. The fourth-order valence-electron chi connectivity index (χ4n) is 3.97. The smallest absolute Gasteiger partial charge is 0.258 e. The number of amides is 2. The van der Waals surface area contributed by atoms with E-state index in [1.807, 2.05) is 0 Å². The Bertz CT molecular complexity index is 1020. The normalized spacial score (nSPS) is 17.8. The summed E-state index contributed by atoms with van der Waals surface area (Å²) in [5.41, 5.74) is 0.588. The second kappa shape index (κ2) is 12.3. The average Bonchev–Trinajstić information content (AvgIpc) is 2.82. The highest BCUT2D eigenvalue weighted by Crippen LogP contribution is 2.27. The van der Waals surface area contributed by atoms with Crippen LogP contribution in [-0.2, 0) is 16.1 Å². The van der Waals surface area contributed by atoms with Gasteiger partial charge in [0.15, 0.2) is 6.61 Å². The molecule has 0 unspecified atom stereocenters. The molecule has 1 aliphatic rings. The van der Waals surface area contributed by atoms with Crippen LogP contribution in [0.4, 0.5) is 8.78 Å². The number of aliphatic hydroxyl groups excluding tert-OH is 1. The van der Waals surface area contributed by atoms with E-state index in [4.69, 9.17) is 27.9 Å². The standard InChI is InChI=1S/C24H26Cl2F2N2O4/c25-19-7-1-15(11-21(19)27)13-30(9-10-31)24(33)16-2-4-17(5-3-16)29-23(32)14-34-18-6-8-20(26)22(28)12-18/h1,6-8,11-12,16-17,31H,2-5,9-10,13-14H2,(H,29,32)/t16-,17-. The van der Waals surface area contributed by atoms with E-state index in [1.54, 1.807) is 6.07 Å². The van der Waals surface area contributed by atoms with Gasteiger partial charge in [-0.1, -0.05) is 29.3 Å². The molecule has 0 aromatic heterocycles. The van der Waals surface area contributed by atoms with Crippen LogP contribution in [0.1, 0.15) is 31.2 Å². The average molecular weight is 515 g/mol. The van der Waals surface area contributed by atoms with E-state index in [1.165, 1.54) is 29.2 Å². The Morgan fingerprint density at radius 2 is 1.68 bits per heavy atom. The first-order valence-corrected chi connectivity index (χ1v) is 11.7. The first-order chi connectivity index (χ1) is 16.3. The van der Waals surface area contributed by atoms with E-state index >= 15 is 0 Å². The number of carbonyl (C=O) groups is 2. The van der Waals surface area contributed by atoms with Crippen molar-refractivity contribution in [3.8, 4) is 5.75 Å². The molecule has 0 bridgehead atoms. The van der Waals surface area contributed by atoms with Gasteiger partial charge in [0.1, 0.15) is 17.4 Å². The van der Waals surface area contributed by atoms with Gasteiger partial charge in [0, 0.05) is 31.1 Å². The molecule has 0 radical (unpaired) electrons. The van der Waals surface area contributed by atoms with Crippen molar-refractivity contribution in [1.29, 1.82) is 0 Å². The van der Waals surface area contributed by atoms with Crippen molar-refractivity contribution in [3.63, 3.8) is 0 Å². The van der Waals surface area contributed by atoms with Gasteiger partial charge in [-0.05, 0) is 55.5 Å². The third-order valence-corrected chi connectivity index (χ3v) is 6.35. The van der Waals surface area contributed by atoms with Crippen molar-refractivity contribution < 1.29 is 28.2 Å². The molecule has 6 nitrogen and oxygen atoms in total. The molecule has 2 N–H and O–H groups in total. The summed E-state index contributed by atoms with van der Waals surface area (Å²) in [6, 6.07) is 8.22. The predicted octanol–water partition coefficient (Wildman–Crippen LogP) is 4.35. The lowest BCUT2D eigenvalue weighted by Gasteiger charge is -2.32. The maximum Gasteiger partial charge on any atom is 0.258 e. The molecule has 0 atom stereocenters. The summed E-state index contributed by atoms with van der Waals surface area (Å²) in [7, 11) is 0. The van der Waals surface area contributed by atoms with Gasteiger partial charge in [-0.25, -0.2) is 8.78 Å². The van der Waals surface area contributed by atoms with Crippen LogP contribution in [0, 0.1) is 17.6 Å². The van der Waals surface area contributed by atoms with Gasteiger partial charge in [-0.3, -0.25) is 9.59 Å².